The fourth-order valence-corrected chi connectivity index (χ4v) is 2.87. The van der Waals surface area contributed by atoms with E-state index < -0.39 is 0 Å². The van der Waals surface area contributed by atoms with Crippen LogP contribution in [0.25, 0.3) is 0 Å². The summed E-state index contributed by atoms with van der Waals surface area (Å²) in [5.41, 5.74) is 1.55. The van der Waals surface area contributed by atoms with E-state index in [1.54, 1.807) is 0 Å². The van der Waals surface area contributed by atoms with E-state index in [-0.39, 0.29) is 5.91 Å². The summed E-state index contributed by atoms with van der Waals surface area (Å²) in [6.45, 7) is 4.42. The second kappa shape index (κ2) is 10.2. The van der Waals surface area contributed by atoms with Crippen molar-refractivity contribution >= 4 is 12.1 Å². The lowest BCUT2D eigenvalue weighted by molar-refractivity contribution is 0.0947. The van der Waals surface area contributed by atoms with E-state index in [2.05, 4.69) is 22.3 Å². The van der Waals surface area contributed by atoms with E-state index >= 15 is 0 Å². The Bertz CT molecular complexity index is 507. The van der Waals surface area contributed by atoms with Crippen molar-refractivity contribution in [2.45, 2.75) is 77.8 Å². The fraction of sp³-hybridized carbons (Fsp3) is 0.722. The number of hydrogen-bond donors (Lipinski definition) is 1. The molecule has 0 fully saturated rings. The highest BCUT2D eigenvalue weighted by atomic mass is 16.1. The van der Waals surface area contributed by atoms with Crippen LogP contribution in [0.3, 0.4) is 0 Å². The molecule has 2 heterocycles. The molecule has 0 aliphatic carbocycles. The van der Waals surface area contributed by atoms with Crippen molar-refractivity contribution in [1.29, 1.82) is 0 Å². The number of carbonyl (C=O) groups excluding carboxylic acids is 1. The Balaban J connectivity index is 1.59. The molecule has 1 aromatic rings. The number of carbonyl (C=O) groups is 1. The van der Waals surface area contributed by atoms with Crippen LogP contribution >= 0.6 is 0 Å². The summed E-state index contributed by atoms with van der Waals surface area (Å²) in [6, 6.07) is 1.87. The van der Waals surface area contributed by atoms with Crippen LogP contribution < -0.4 is 5.32 Å². The first-order valence-electron chi connectivity index (χ1n) is 9.14. The van der Waals surface area contributed by atoms with Gasteiger partial charge < -0.3 is 5.32 Å². The third-order valence-electron chi connectivity index (χ3n) is 4.26. The summed E-state index contributed by atoms with van der Waals surface area (Å²) in [5.74, 6) is -0.0579. The second-order valence-electron chi connectivity index (χ2n) is 6.29. The van der Waals surface area contributed by atoms with Crippen molar-refractivity contribution in [3.63, 3.8) is 0 Å². The summed E-state index contributed by atoms with van der Waals surface area (Å²) < 4.78 is 1.90. The number of nitrogens with one attached hydrogen (secondary N) is 1. The smallest absolute Gasteiger partial charge is 0.271 e. The van der Waals surface area contributed by atoms with Gasteiger partial charge in [0.2, 0.25) is 0 Å². The van der Waals surface area contributed by atoms with Crippen LogP contribution in [0.1, 0.15) is 80.9 Å². The minimum Gasteiger partial charge on any atom is -0.351 e. The third-order valence-corrected chi connectivity index (χ3v) is 4.26. The number of hydrogen-bond acceptors (Lipinski definition) is 3. The van der Waals surface area contributed by atoms with Gasteiger partial charge in [0.05, 0.1) is 12.2 Å². The van der Waals surface area contributed by atoms with Crippen molar-refractivity contribution in [1.82, 2.24) is 15.1 Å². The van der Waals surface area contributed by atoms with E-state index in [0.717, 1.165) is 31.6 Å². The lowest BCUT2D eigenvalue weighted by Crippen LogP contribution is -2.25. The van der Waals surface area contributed by atoms with Crippen molar-refractivity contribution in [3.8, 4) is 0 Å². The number of unbranched alkanes of at least 4 members (excludes halogenated alkanes) is 7. The molecule has 1 amide bonds. The first kappa shape index (κ1) is 17.7. The number of aliphatic imine (C=N–C) groups is 1. The molecule has 1 N–H and O–H groups in total. The molecule has 23 heavy (non-hydrogen) atoms. The average molecular weight is 318 g/mol. The van der Waals surface area contributed by atoms with Gasteiger partial charge >= 0.3 is 0 Å². The Hall–Kier alpha value is -1.65. The van der Waals surface area contributed by atoms with E-state index in [9.17, 15) is 4.79 Å². The molecular formula is C18H30N4O. The van der Waals surface area contributed by atoms with Gasteiger partial charge in [-0.2, -0.15) is 5.10 Å². The Morgan fingerprint density at radius 1 is 1.17 bits per heavy atom. The van der Waals surface area contributed by atoms with Crippen LogP contribution in [-0.4, -0.2) is 28.4 Å². The first-order valence-corrected chi connectivity index (χ1v) is 9.14. The van der Waals surface area contributed by atoms with Crippen molar-refractivity contribution in [3.05, 3.63) is 17.5 Å². The molecule has 128 valence electrons. The zero-order chi connectivity index (χ0) is 16.3. The Kier molecular flexibility index (Phi) is 7.84. The molecule has 0 atom stereocenters. The molecule has 0 saturated carbocycles. The highest BCUT2D eigenvalue weighted by Crippen LogP contribution is 2.10. The second-order valence-corrected chi connectivity index (χ2v) is 6.29. The monoisotopic (exact) mass is 318 g/mol. The van der Waals surface area contributed by atoms with Gasteiger partial charge in [-0.1, -0.05) is 51.9 Å². The van der Waals surface area contributed by atoms with Gasteiger partial charge in [-0.15, -0.1) is 0 Å². The molecule has 1 aliphatic heterocycles. The number of amides is 1. The first-order chi connectivity index (χ1) is 11.3. The molecule has 5 heteroatoms. The van der Waals surface area contributed by atoms with E-state index in [0.29, 0.717) is 12.2 Å². The lowest BCUT2D eigenvalue weighted by atomic mass is 10.1. The maximum atomic E-state index is 12.1. The van der Waals surface area contributed by atoms with Gasteiger partial charge in [-0.25, -0.2) is 0 Å². The molecular weight excluding hydrogens is 288 g/mol. The maximum absolute atomic E-state index is 12.1. The lowest BCUT2D eigenvalue weighted by Gasteiger charge is -2.04. The van der Waals surface area contributed by atoms with Crippen LogP contribution in [-0.2, 0) is 13.1 Å². The van der Waals surface area contributed by atoms with Gasteiger partial charge in [-0.05, 0) is 12.5 Å². The Morgan fingerprint density at radius 3 is 2.70 bits per heavy atom. The summed E-state index contributed by atoms with van der Waals surface area (Å²) >= 11 is 0. The van der Waals surface area contributed by atoms with Crippen LogP contribution in [0.15, 0.2) is 11.1 Å². The van der Waals surface area contributed by atoms with Crippen LogP contribution in [0.4, 0.5) is 0 Å². The van der Waals surface area contributed by atoms with Crippen molar-refractivity contribution in [2.75, 3.05) is 6.54 Å². The van der Waals surface area contributed by atoms with E-state index in [1.165, 1.54) is 44.9 Å². The summed E-state index contributed by atoms with van der Waals surface area (Å²) in [6.07, 6.45) is 13.0. The quantitative estimate of drug-likeness (QED) is 0.668. The number of nitrogens with zero attached hydrogens (tertiary/aromatic N) is 3. The normalized spacial score (nSPS) is 13.6. The largest absolute Gasteiger partial charge is 0.351 e. The SMILES string of the molecule is CCCCCCCCCCNC(=O)c1cc2n(n1)CCC=NC2. The predicted octanol–water partition coefficient (Wildman–Crippen LogP) is 3.73. The molecule has 0 saturated heterocycles. The molecule has 2 rings (SSSR count). The van der Waals surface area contributed by atoms with Crippen molar-refractivity contribution in [2.24, 2.45) is 4.99 Å². The number of aromatic nitrogens is 2. The zero-order valence-corrected chi connectivity index (χ0v) is 14.4. The minimum atomic E-state index is -0.0579. The molecule has 0 aromatic carbocycles. The van der Waals surface area contributed by atoms with Crippen LogP contribution in [0.2, 0.25) is 0 Å². The summed E-state index contributed by atoms with van der Waals surface area (Å²) in [7, 11) is 0. The van der Waals surface area contributed by atoms with Gasteiger partial charge in [0, 0.05) is 25.7 Å². The Labute approximate surface area is 139 Å². The van der Waals surface area contributed by atoms with Gasteiger partial charge in [0.25, 0.3) is 5.91 Å². The Morgan fingerprint density at radius 2 is 1.91 bits per heavy atom. The maximum Gasteiger partial charge on any atom is 0.271 e. The van der Waals surface area contributed by atoms with Crippen LogP contribution in [0, 0.1) is 0 Å². The van der Waals surface area contributed by atoms with Gasteiger partial charge in [-0.3, -0.25) is 14.5 Å². The molecule has 5 nitrogen and oxygen atoms in total. The highest BCUT2D eigenvalue weighted by molar-refractivity contribution is 5.92. The topological polar surface area (TPSA) is 59.3 Å². The molecule has 0 radical (unpaired) electrons. The van der Waals surface area contributed by atoms with E-state index in [4.69, 9.17) is 0 Å². The van der Waals surface area contributed by atoms with Gasteiger partial charge in [0.1, 0.15) is 0 Å². The third kappa shape index (κ3) is 6.16. The minimum absolute atomic E-state index is 0.0579. The standard InChI is InChI=1S/C18H30N4O/c1-2-3-4-5-6-7-8-9-12-20-18(23)17-14-16-15-19-11-10-13-22(16)21-17/h11,14H,2-10,12-13,15H2,1H3,(H,20,23). The summed E-state index contributed by atoms with van der Waals surface area (Å²) in [5, 5.41) is 7.37. The van der Waals surface area contributed by atoms with Crippen LogP contribution in [0.5, 0.6) is 0 Å². The molecule has 0 spiro atoms. The highest BCUT2D eigenvalue weighted by Gasteiger charge is 2.14. The van der Waals surface area contributed by atoms with E-state index in [1.807, 2.05) is 17.0 Å². The predicted molar refractivity (Wildman–Crippen MR) is 94.0 cm³/mol. The molecule has 1 aromatic heterocycles. The fourth-order valence-electron chi connectivity index (χ4n) is 2.87. The molecule has 1 aliphatic rings. The zero-order valence-electron chi connectivity index (χ0n) is 14.4. The molecule has 0 unspecified atom stereocenters. The average Bonchev–Trinajstić information content (AvgIpc) is 2.84. The summed E-state index contributed by atoms with van der Waals surface area (Å²) in [4.78, 5) is 16.4. The molecule has 0 bridgehead atoms. The number of rotatable bonds is 10. The number of aryl methyl sites for hydroxylation is 1. The van der Waals surface area contributed by atoms with Gasteiger partial charge in [0.15, 0.2) is 5.69 Å². The van der Waals surface area contributed by atoms with Crippen molar-refractivity contribution < 1.29 is 4.79 Å². The number of fused-ring (bicyclic) bond motifs is 1.